The second-order valence-electron chi connectivity index (χ2n) is 5.18. The van der Waals surface area contributed by atoms with Crippen LogP contribution in [-0.4, -0.2) is 21.5 Å². The number of carbonyl (C=O) groups is 1. The number of hydrogen-bond donors (Lipinski definition) is 2. The van der Waals surface area contributed by atoms with Crippen molar-refractivity contribution in [2.45, 2.75) is 31.3 Å². The molecule has 1 heterocycles. The Morgan fingerprint density at radius 3 is 2.95 bits per heavy atom. The van der Waals surface area contributed by atoms with Crippen molar-refractivity contribution in [3.63, 3.8) is 0 Å². The van der Waals surface area contributed by atoms with Crippen molar-refractivity contribution in [2.75, 3.05) is 5.73 Å². The molecule has 0 saturated heterocycles. The summed E-state index contributed by atoms with van der Waals surface area (Å²) in [6.45, 7) is 0. The van der Waals surface area contributed by atoms with Crippen LogP contribution < -0.4 is 11.1 Å². The van der Waals surface area contributed by atoms with Gasteiger partial charge in [-0.25, -0.2) is 4.98 Å². The van der Waals surface area contributed by atoms with E-state index < -0.39 is 0 Å². The van der Waals surface area contributed by atoms with Gasteiger partial charge in [-0.15, -0.1) is 0 Å². The van der Waals surface area contributed by atoms with Crippen LogP contribution in [-0.2, 0) is 0 Å². The fourth-order valence-corrected chi connectivity index (χ4v) is 2.88. The lowest BCUT2D eigenvalue weighted by Crippen LogP contribution is -2.38. The first-order valence-corrected chi connectivity index (χ1v) is 6.88. The molecule has 1 aliphatic rings. The summed E-state index contributed by atoms with van der Waals surface area (Å²) in [6, 6.07) is 7.58. The summed E-state index contributed by atoms with van der Waals surface area (Å²) in [7, 11) is 0. The number of benzene rings is 1. The van der Waals surface area contributed by atoms with Crippen molar-refractivity contribution < 1.29 is 4.79 Å². The number of anilines is 1. The van der Waals surface area contributed by atoms with E-state index in [-0.39, 0.29) is 18.0 Å². The number of imidazole rings is 1. The number of rotatable bonds is 3. The molecule has 1 amide bonds. The molecule has 0 spiro atoms. The summed E-state index contributed by atoms with van der Waals surface area (Å²) < 4.78 is 2.08. The monoisotopic (exact) mass is 270 g/mol. The average Bonchev–Trinajstić information content (AvgIpc) is 3.09. The molecule has 5 heteroatoms. The molecule has 1 fully saturated rings. The second kappa shape index (κ2) is 5.36. The summed E-state index contributed by atoms with van der Waals surface area (Å²) in [6.07, 6.45) is 8.69. The van der Waals surface area contributed by atoms with E-state index >= 15 is 0 Å². The summed E-state index contributed by atoms with van der Waals surface area (Å²) in [4.78, 5) is 16.4. The van der Waals surface area contributed by atoms with E-state index in [1.807, 2.05) is 24.7 Å². The topological polar surface area (TPSA) is 72.9 Å². The van der Waals surface area contributed by atoms with Crippen LogP contribution in [0, 0.1) is 0 Å². The average molecular weight is 270 g/mol. The molecule has 3 N–H and O–H groups in total. The SMILES string of the molecule is Nc1ccccc1C(=O)NC1CCCC1n1ccnc1. The second-order valence-corrected chi connectivity index (χ2v) is 5.18. The first-order valence-electron chi connectivity index (χ1n) is 6.88. The zero-order valence-electron chi connectivity index (χ0n) is 11.2. The third-order valence-corrected chi connectivity index (χ3v) is 3.91. The number of nitrogens with one attached hydrogen (secondary N) is 1. The van der Waals surface area contributed by atoms with Crippen LogP contribution in [0.25, 0.3) is 0 Å². The number of aromatic nitrogens is 2. The lowest BCUT2D eigenvalue weighted by molar-refractivity contribution is 0.0930. The quantitative estimate of drug-likeness (QED) is 0.838. The normalized spacial score (nSPS) is 21.8. The Morgan fingerprint density at radius 2 is 2.20 bits per heavy atom. The zero-order chi connectivity index (χ0) is 13.9. The molecule has 0 aliphatic heterocycles. The van der Waals surface area contributed by atoms with Crippen molar-refractivity contribution in [3.8, 4) is 0 Å². The van der Waals surface area contributed by atoms with Crippen LogP contribution in [0.15, 0.2) is 43.0 Å². The van der Waals surface area contributed by atoms with E-state index in [2.05, 4.69) is 14.9 Å². The molecule has 1 saturated carbocycles. The van der Waals surface area contributed by atoms with Gasteiger partial charge < -0.3 is 15.6 Å². The zero-order valence-corrected chi connectivity index (χ0v) is 11.2. The molecule has 0 bridgehead atoms. The largest absolute Gasteiger partial charge is 0.398 e. The van der Waals surface area contributed by atoms with Gasteiger partial charge in [0, 0.05) is 24.1 Å². The standard InChI is InChI=1S/C15H18N4O/c16-12-5-2-1-4-11(12)15(20)18-13-6-3-7-14(13)19-9-8-17-10-19/h1-2,4-5,8-10,13-14H,3,6-7,16H2,(H,18,20). The van der Waals surface area contributed by atoms with Crippen LogP contribution in [0.3, 0.4) is 0 Å². The molecular weight excluding hydrogens is 252 g/mol. The van der Waals surface area contributed by atoms with Crippen LogP contribution >= 0.6 is 0 Å². The number of carbonyl (C=O) groups excluding carboxylic acids is 1. The highest BCUT2D eigenvalue weighted by atomic mass is 16.1. The number of hydrogen-bond acceptors (Lipinski definition) is 3. The van der Waals surface area contributed by atoms with E-state index in [0.717, 1.165) is 19.3 Å². The number of nitrogens with zero attached hydrogens (tertiary/aromatic N) is 2. The summed E-state index contributed by atoms with van der Waals surface area (Å²) in [5.41, 5.74) is 6.91. The fraction of sp³-hybridized carbons (Fsp3) is 0.333. The van der Waals surface area contributed by atoms with Crippen LogP contribution in [0.5, 0.6) is 0 Å². The summed E-state index contributed by atoms with van der Waals surface area (Å²) >= 11 is 0. The highest BCUT2D eigenvalue weighted by Crippen LogP contribution is 2.30. The Balaban J connectivity index is 1.74. The Kier molecular flexibility index (Phi) is 3.41. The first kappa shape index (κ1) is 12.7. The summed E-state index contributed by atoms with van der Waals surface area (Å²) in [5, 5.41) is 3.11. The lowest BCUT2D eigenvalue weighted by Gasteiger charge is -2.22. The van der Waals surface area contributed by atoms with Crippen molar-refractivity contribution in [2.24, 2.45) is 0 Å². The van der Waals surface area contributed by atoms with Crippen molar-refractivity contribution >= 4 is 11.6 Å². The summed E-state index contributed by atoms with van der Waals surface area (Å²) in [5.74, 6) is -0.0971. The molecule has 20 heavy (non-hydrogen) atoms. The Labute approximate surface area is 117 Å². The number of amides is 1. The molecule has 104 valence electrons. The minimum atomic E-state index is -0.0971. The van der Waals surface area contributed by atoms with Crippen molar-refractivity contribution in [3.05, 3.63) is 48.5 Å². The number of nitrogen functional groups attached to an aromatic ring is 1. The number of para-hydroxylation sites is 1. The van der Waals surface area contributed by atoms with Crippen molar-refractivity contribution in [1.29, 1.82) is 0 Å². The van der Waals surface area contributed by atoms with E-state index in [4.69, 9.17) is 5.73 Å². The highest BCUT2D eigenvalue weighted by molar-refractivity contribution is 5.99. The Hall–Kier alpha value is -2.30. The molecule has 2 aromatic rings. The van der Waals surface area contributed by atoms with Gasteiger partial charge in [-0.2, -0.15) is 0 Å². The maximum Gasteiger partial charge on any atom is 0.253 e. The first-order chi connectivity index (χ1) is 9.75. The highest BCUT2D eigenvalue weighted by Gasteiger charge is 2.30. The number of nitrogens with two attached hydrogens (primary N) is 1. The van der Waals surface area contributed by atoms with Crippen LogP contribution in [0.2, 0.25) is 0 Å². The van der Waals surface area contributed by atoms with Crippen molar-refractivity contribution in [1.82, 2.24) is 14.9 Å². The molecule has 5 nitrogen and oxygen atoms in total. The Bertz CT molecular complexity index is 594. The third-order valence-electron chi connectivity index (χ3n) is 3.91. The van der Waals surface area contributed by atoms with Gasteiger partial charge in [-0.05, 0) is 31.4 Å². The van der Waals surface area contributed by atoms with E-state index in [0.29, 0.717) is 11.3 Å². The van der Waals surface area contributed by atoms with Gasteiger partial charge >= 0.3 is 0 Å². The molecule has 2 unspecified atom stereocenters. The molecule has 1 aromatic heterocycles. The molecule has 3 rings (SSSR count). The molecular formula is C15H18N4O. The van der Waals surface area contributed by atoms with Gasteiger partial charge in [0.2, 0.25) is 0 Å². The maximum atomic E-state index is 12.3. The predicted molar refractivity (Wildman–Crippen MR) is 77.2 cm³/mol. The molecule has 0 radical (unpaired) electrons. The third kappa shape index (κ3) is 2.39. The van der Waals surface area contributed by atoms with E-state index in [1.165, 1.54) is 0 Å². The van der Waals surface area contributed by atoms with Gasteiger partial charge in [-0.1, -0.05) is 12.1 Å². The predicted octanol–water partition coefficient (Wildman–Crippen LogP) is 1.99. The molecule has 2 atom stereocenters. The minimum absolute atomic E-state index is 0.0971. The van der Waals surface area contributed by atoms with E-state index in [1.54, 1.807) is 18.3 Å². The molecule has 1 aromatic carbocycles. The van der Waals surface area contributed by atoms with E-state index in [9.17, 15) is 4.79 Å². The van der Waals surface area contributed by atoms with Gasteiger partial charge in [0.25, 0.3) is 5.91 Å². The van der Waals surface area contributed by atoms with Gasteiger partial charge in [0.15, 0.2) is 0 Å². The smallest absolute Gasteiger partial charge is 0.253 e. The van der Waals surface area contributed by atoms with Gasteiger partial charge in [-0.3, -0.25) is 4.79 Å². The van der Waals surface area contributed by atoms with Gasteiger partial charge in [0.1, 0.15) is 0 Å². The molecule has 1 aliphatic carbocycles. The van der Waals surface area contributed by atoms with Gasteiger partial charge in [0.05, 0.1) is 17.9 Å². The maximum absolute atomic E-state index is 12.3. The van der Waals surface area contributed by atoms with Crippen LogP contribution in [0.1, 0.15) is 35.7 Å². The Morgan fingerprint density at radius 1 is 1.35 bits per heavy atom. The fourth-order valence-electron chi connectivity index (χ4n) is 2.88. The van der Waals surface area contributed by atoms with Crippen LogP contribution in [0.4, 0.5) is 5.69 Å². The minimum Gasteiger partial charge on any atom is -0.398 e. The lowest BCUT2D eigenvalue weighted by atomic mass is 10.1.